The maximum absolute atomic E-state index is 4.08. The zero-order chi connectivity index (χ0) is 13.4. The van der Waals surface area contributed by atoms with Crippen LogP contribution in [0.4, 0.5) is 0 Å². The van der Waals surface area contributed by atoms with Crippen molar-refractivity contribution in [2.75, 3.05) is 0 Å². The van der Waals surface area contributed by atoms with Crippen molar-refractivity contribution in [3.8, 4) is 0 Å². The first-order valence-corrected chi connectivity index (χ1v) is 6.07. The van der Waals surface area contributed by atoms with Crippen LogP contribution in [0.25, 0.3) is 12.7 Å². The SMILES string of the molecule is C=C/C=c1/ncccc1=C.CC.CC.CC. The van der Waals surface area contributed by atoms with Gasteiger partial charge in [-0.15, -0.1) is 0 Å². The van der Waals surface area contributed by atoms with Crippen LogP contribution in [-0.2, 0) is 0 Å². The molecule has 0 aromatic carbocycles. The lowest BCUT2D eigenvalue weighted by atomic mass is 10.3. The molecule has 1 rings (SSSR count). The summed E-state index contributed by atoms with van der Waals surface area (Å²) in [6.45, 7) is 19.4. The topological polar surface area (TPSA) is 12.9 Å². The third-order valence-corrected chi connectivity index (χ3v) is 1.20. The van der Waals surface area contributed by atoms with Crippen LogP contribution in [0.15, 0.2) is 31.0 Å². The molecule has 0 unspecified atom stereocenters. The molecule has 0 radical (unpaired) electrons. The number of hydrogen-bond donors (Lipinski definition) is 0. The average molecular weight is 221 g/mol. The van der Waals surface area contributed by atoms with E-state index in [0.717, 1.165) is 10.6 Å². The van der Waals surface area contributed by atoms with Crippen LogP contribution < -0.4 is 10.6 Å². The van der Waals surface area contributed by atoms with Crippen LogP contribution in [0, 0.1) is 0 Å². The van der Waals surface area contributed by atoms with E-state index in [1.807, 2.05) is 59.8 Å². The van der Waals surface area contributed by atoms with Crippen molar-refractivity contribution in [3.63, 3.8) is 0 Å². The monoisotopic (exact) mass is 221 g/mol. The predicted octanol–water partition coefficient (Wildman–Crippen LogP) is 3.54. The van der Waals surface area contributed by atoms with Crippen LogP contribution in [0.3, 0.4) is 0 Å². The number of hydrogen-bond acceptors (Lipinski definition) is 1. The molecule has 16 heavy (non-hydrogen) atoms. The molecule has 1 heterocycles. The van der Waals surface area contributed by atoms with E-state index < -0.39 is 0 Å². The summed E-state index contributed by atoms with van der Waals surface area (Å²) >= 11 is 0. The van der Waals surface area contributed by atoms with Gasteiger partial charge >= 0.3 is 0 Å². The van der Waals surface area contributed by atoms with Crippen molar-refractivity contribution in [1.82, 2.24) is 4.98 Å². The third-order valence-electron chi connectivity index (χ3n) is 1.20. The van der Waals surface area contributed by atoms with Gasteiger partial charge in [0.05, 0.1) is 5.35 Å². The van der Waals surface area contributed by atoms with Gasteiger partial charge in [0.2, 0.25) is 0 Å². The van der Waals surface area contributed by atoms with E-state index in [1.54, 1.807) is 12.3 Å². The van der Waals surface area contributed by atoms with E-state index in [4.69, 9.17) is 0 Å². The summed E-state index contributed by atoms with van der Waals surface area (Å²) in [5.41, 5.74) is 0. The quantitative estimate of drug-likeness (QED) is 0.707. The molecule has 1 nitrogen and oxygen atoms in total. The molecule has 0 aliphatic heterocycles. The molecule has 0 saturated carbocycles. The van der Waals surface area contributed by atoms with E-state index >= 15 is 0 Å². The minimum absolute atomic E-state index is 0.887. The van der Waals surface area contributed by atoms with Gasteiger partial charge in [0.15, 0.2) is 0 Å². The number of allylic oxidation sites excluding steroid dienone is 1. The van der Waals surface area contributed by atoms with Crippen molar-refractivity contribution in [2.24, 2.45) is 0 Å². The number of pyridine rings is 1. The maximum atomic E-state index is 4.08. The molecule has 0 aliphatic rings. The van der Waals surface area contributed by atoms with E-state index in [-0.39, 0.29) is 0 Å². The second-order valence-corrected chi connectivity index (χ2v) is 1.95. The first kappa shape index (κ1) is 20.1. The Morgan fingerprint density at radius 2 is 1.56 bits per heavy atom. The van der Waals surface area contributed by atoms with Gasteiger partial charge in [-0.1, -0.05) is 66.8 Å². The Balaban J connectivity index is -0.000000245. The standard InChI is InChI=1S/C9H9N.3C2H6/c1-3-5-9-8(2)6-4-7-10-9;3*1-2/h3-7H,1-2H2;3*1-2H3/b9-5+;;;. The van der Waals surface area contributed by atoms with Crippen LogP contribution in [0.2, 0.25) is 0 Å². The minimum Gasteiger partial charge on any atom is -0.256 e. The molecule has 0 aliphatic carbocycles. The highest BCUT2D eigenvalue weighted by molar-refractivity contribution is 5.32. The third kappa shape index (κ3) is 10.7. The van der Waals surface area contributed by atoms with E-state index in [0.29, 0.717) is 0 Å². The molecule has 0 spiro atoms. The lowest BCUT2D eigenvalue weighted by Gasteiger charge is -1.82. The first-order chi connectivity index (χ1) is 7.84. The largest absolute Gasteiger partial charge is 0.256 e. The lowest BCUT2D eigenvalue weighted by Crippen LogP contribution is -2.25. The molecule has 0 atom stereocenters. The fraction of sp³-hybridized carbons (Fsp3) is 0.400. The maximum Gasteiger partial charge on any atom is 0.0695 e. The zero-order valence-electron chi connectivity index (χ0n) is 11.7. The second-order valence-electron chi connectivity index (χ2n) is 1.95. The van der Waals surface area contributed by atoms with E-state index in [1.165, 1.54) is 0 Å². The number of rotatable bonds is 1. The molecule has 1 aromatic rings. The molecular formula is C15H27N. The predicted molar refractivity (Wildman–Crippen MR) is 77.7 cm³/mol. The van der Waals surface area contributed by atoms with Crippen molar-refractivity contribution in [1.29, 1.82) is 0 Å². The lowest BCUT2D eigenvalue weighted by molar-refractivity contribution is 1.23. The van der Waals surface area contributed by atoms with Crippen LogP contribution in [-0.4, -0.2) is 4.98 Å². The molecule has 1 aromatic heterocycles. The van der Waals surface area contributed by atoms with Gasteiger partial charge in [-0.3, -0.25) is 4.98 Å². The van der Waals surface area contributed by atoms with Crippen molar-refractivity contribution < 1.29 is 0 Å². The van der Waals surface area contributed by atoms with Crippen molar-refractivity contribution >= 4 is 12.7 Å². The first-order valence-electron chi connectivity index (χ1n) is 6.07. The smallest absolute Gasteiger partial charge is 0.0695 e. The van der Waals surface area contributed by atoms with Crippen LogP contribution >= 0.6 is 0 Å². The summed E-state index contributed by atoms with van der Waals surface area (Å²) in [6, 6.07) is 3.78. The Hall–Kier alpha value is -1.37. The van der Waals surface area contributed by atoms with Gasteiger partial charge in [-0.2, -0.15) is 0 Å². The van der Waals surface area contributed by atoms with Crippen LogP contribution in [0.5, 0.6) is 0 Å². The normalized spacial score (nSPS) is 8.25. The van der Waals surface area contributed by atoms with Gasteiger partial charge in [0.25, 0.3) is 0 Å². The highest BCUT2D eigenvalue weighted by Gasteiger charge is 1.76. The van der Waals surface area contributed by atoms with E-state index in [9.17, 15) is 0 Å². The van der Waals surface area contributed by atoms with Gasteiger partial charge in [0, 0.05) is 6.20 Å². The van der Waals surface area contributed by atoms with E-state index in [2.05, 4.69) is 18.1 Å². The van der Waals surface area contributed by atoms with Gasteiger partial charge in [0.1, 0.15) is 0 Å². The van der Waals surface area contributed by atoms with Gasteiger partial charge < -0.3 is 0 Å². The summed E-state index contributed by atoms with van der Waals surface area (Å²) < 4.78 is 0. The van der Waals surface area contributed by atoms with Crippen molar-refractivity contribution in [2.45, 2.75) is 41.5 Å². The summed E-state index contributed by atoms with van der Waals surface area (Å²) in [7, 11) is 0. The Kier molecular flexibility index (Phi) is 24.2. The Morgan fingerprint density at radius 1 is 1.06 bits per heavy atom. The average Bonchev–Trinajstić information content (AvgIpc) is 2.40. The Morgan fingerprint density at radius 3 is 1.94 bits per heavy atom. The molecule has 92 valence electrons. The molecule has 0 N–H and O–H groups in total. The van der Waals surface area contributed by atoms with Gasteiger partial charge in [-0.05, 0) is 17.4 Å². The van der Waals surface area contributed by atoms with Gasteiger partial charge in [-0.25, -0.2) is 0 Å². The molecule has 0 bridgehead atoms. The zero-order valence-corrected chi connectivity index (χ0v) is 11.7. The summed E-state index contributed by atoms with van der Waals surface area (Å²) in [5, 5.41) is 1.82. The Labute approximate surface area is 101 Å². The summed E-state index contributed by atoms with van der Waals surface area (Å²) in [6.07, 6.45) is 5.28. The molecule has 0 fully saturated rings. The molecular weight excluding hydrogens is 194 g/mol. The number of aromatic nitrogens is 1. The molecule has 0 saturated heterocycles. The molecule has 1 heteroatoms. The fourth-order valence-corrected chi connectivity index (χ4v) is 0.713. The Bertz CT molecular complexity index is 326. The van der Waals surface area contributed by atoms with Crippen molar-refractivity contribution in [3.05, 3.63) is 41.6 Å². The summed E-state index contributed by atoms with van der Waals surface area (Å²) in [4.78, 5) is 4.08. The van der Waals surface area contributed by atoms with Crippen LogP contribution in [0.1, 0.15) is 41.5 Å². The summed E-state index contributed by atoms with van der Waals surface area (Å²) in [5.74, 6) is 0. The second kappa shape index (κ2) is 19.2. The highest BCUT2D eigenvalue weighted by atomic mass is 14.6. The fourth-order valence-electron chi connectivity index (χ4n) is 0.713. The molecule has 0 amide bonds. The number of nitrogens with zero attached hydrogens (tertiary/aromatic N) is 1. The highest BCUT2D eigenvalue weighted by Crippen LogP contribution is 1.65. The minimum atomic E-state index is 0.887.